The average Bonchev–Trinajstić information content (AvgIpc) is 2.84. The van der Waals surface area contributed by atoms with Crippen LogP contribution in [0.2, 0.25) is 5.02 Å². The summed E-state index contributed by atoms with van der Waals surface area (Å²) in [4.78, 5) is 8.45. The third-order valence-corrected chi connectivity index (χ3v) is 4.19. The van der Waals surface area contributed by atoms with Gasteiger partial charge in [-0.3, -0.25) is 0 Å². The van der Waals surface area contributed by atoms with E-state index >= 15 is 0 Å². The number of hydrogen-bond acceptors (Lipinski definition) is 6. The monoisotopic (exact) mass is 283 g/mol. The van der Waals surface area contributed by atoms with Crippen LogP contribution in [0, 0.1) is 0 Å². The van der Waals surface area contributed by atoms with E-state index in [4.69, 9.17) is 17.3 Å². The Morgan fingerprint density at radius 3 is 3.00 bits per heavy atom. The second-order valence-electron chi connectivity index (χ2n) is 3.20. The van der Waals surface area contributed by atoms with E-state index in [9.17, 15) is 0 Å². The number of aromatic nitrogens is 4. The lowest BCUT2D eigenvalue weighted by atomic mass is 10.3. The van der Waals surface area contributed by atoms with Crippen molar-refractivity contribution < 1.29 is 0 Å². The first kappa shape index (κ1) is 10.8. The molecule has 3 aromatic rings. The molecule has 0 saturated carbocycles. The summed E-state index contributed by atoms with van der Waals surface area (Å²) >= 11 is 8.84. The third-order valence-electron chi connectivity index (χ3n) is 1.99. The van der Waals surface area contributed by atoms with Crippen LogP contribution in [0.1, 0.15) is 0 Å². The lowest BCUT2D eigenvalue weighted by Crippen LogP contribution is -1.84. The maximum Gasteiger partial charge on any atom is 0.217 e. The van der Waals surface area contributed by atoms with Crippen molar-refractivity contribution in [1.29, 1.82) is 0 Å². The largest absolute Gasteiger partial charge is 0.368 e. The Morgan fingerprint density at radius 1 is 1.35 bits per heavy atom. The van der Waals surface area contributed by atoms with Gasteiger partial charge in [0.25, 0.3) is 0 Å². The van der Waals surface area contributed by atoms with Crippen molar-refractivity contribution in [3.63, 3.8) is 0 Å². The van der Waals surface area contributed by atoms with Gasteiger partial charge < -0.3 is 5.73 Å². The van der Waals surface area contributed by atoms with Gasteiger partial charge in [0, 0.05) is 5.02 Å². The van der Waals surface area contributed by atoms with E-state index in [1.165, 1.54) is 11.8 Å². The predicted molar refractivity (Wildman–Crippen MR) is 69.5 cm³/mol. The van der Waals surface area contributed by atoms with Crippen LogP contribution in [-0.2, 0) is 0 Å². The number of nitrogens with one attached hydrogen (secondary N) is 1. The van der Waals surface area contributed by atoms with Gasteiger partial charge in [-0.1, -0.05) is 11.6 Å². The fraction of sp³-hybridized carbons (Fsp3) is 0. The van der Waals surface area contributed by atoms with E-state index < -0.39 is 0 Å². The highest BCUT2D eigenvalue weighted by Crippen LogP contribution is 2.33. The first-order chi connectivity index (χ1) is 8.20. The smallest absolute Gasteiger partial charge is 0.217 e. The highest BCUT2D eigenvalue weighted by Gasteiger charge is 2.09. The second-order valence-corrected chi connectivity index (χ2v) is 5.88. The Morgan fingerprint density at radius 2 is 2.24 bits per heavy atom. The topological polar surface area (TPSA) is 80.5 Å². The normalized spacial score (nSPS) is 11.1. The second kappa shape index (κ2) is 4.17. The molecule has 0 atom stereocenters. The van der Waals surface area contributed by atoms with E-state index in [2.05, 4.69) is 20.2 Å². The highest BCUT2D eigenvalue weighted by molar-refractivity contribution is 8.01. The quantitative estimate of drug-likeness (QED) is 0.756. The number of aromatic amines is 1. The molecule has 0 bridgehead atoms. The number of rotatable bonds is 2. The Kier molecular flexibility index (Phi) is 2.65. The highest BCUT2D eigenvalue weighted by atomic mass is 35.5. The lowest BCUT2D eigenvalue weighted by Gasteiger charge is -1.87. The van der Waals surface area contributed by atoms with Gasteiger partial charge in [-0.15, -0.1) is 16.4 Å². The maximum atomic E-state index is 5.90. The summed E-state index contributed by atoms with van der Waals surface area (Å²) < 4.78 is 1.95. The van der Waals surface area contributed by atoms with Gasteiger partial charge in [-0.2, -0.15) is 4.98 Å². The van der Waals surface area contributed by atoms with E-state index in [-0.39, 0.29) is 0 Å². The first-order valence-electron chi connectivity index (χ1n) is 4.62. The van der Waals surface area contributed by atoms with Crippen molar-refractivity contribution in [2.24, 2.45) is 0 Å². The molecule has 0 unspecified atom stereocenters. The number of benzene rings is 1. The van der Waals surface area contributed by atoms with Gasteiger partial charge in [0.2, 0.25) is 11.1 Å². The number of nitrogen functional groups attached to an aromatic ring is 1. The summed E-state index contributed by atoms with van der Waals surface area (Å²) in [6.45, 7) is 0. The fourth-order valence-electron chi connectivity index (χ4n) is 1.30. The number of fused-ring (bicyclic) bond motifs is 1. The van der Waals surface area contributed by atoms with Crippen molar-refractivity contribution in [3.8, 4) is 0 Å². The first-order valence-corrected chi connectivity index (χ1v) is 6.63. The molecule has 0 fully saturated rings. The molecule has 0 aliphatic heterocycles. The Bertz CT molecular complexity index is 677. The molecule has 1 aromatic carbocycles. The van der Waals surface area contributed by atoms with Gasteiger partial charge in [0.15, 0.2) is 4.34 Å². The van der Waals surface area contributed by atoms with Crippen LogP contribution < -0.4 is 5.73 Å². The Labute approximate surface area is 109 Å². The van der Waals surface area contributed by atoms with Crippen LogP contribution >= 0.6 is 34.7 Å². The van der Waals surface area contributed by atoms with Gasteiger partial charge in [0.05, 0.1) is 10.2 Å². The summed E-state index contributed by atoms with van der Waals surface area (Å²) in [5, 5.41) is 7.77. The molecule has 8 heteroatoms. The Balaban J connectivity index is 1.95. The molecule has 3 N–H and O–H groups in total. The molecule has 0 aliphatic rings. The van der Waals surface area contributed by atoms with Crippen LogP contribution in [0.3, 0.4) is 0 Å². The minimum Gasteiger partial charge on any atom is -0.368 e. The van der Waals surface area contributed by atoms with Crippen molar-refractivity contribution in [2.45, 2.75) is 9.50 Å². The number of halogens is 1. The fourth-order valence-corrected chi connectivity index (χ4v) is 3.34. The van der Waals surface area contributed by atoms with Crippen LogP contribution in [0.25, 0.3) is 10.2 Å². The molecule has 0 spiro atoms. The van der Waals surface area contributed by atoms with E-state index in [0.29, 0.717) is 16.1 Å². The Hall–Kier alpha value is -1.31. The minimum absolute atomic E-state index is 0.302. The summed E-state index contributed by atoms with van der Waals surface area (Å²) in [5.41, 5.74) is 6.33. The number of H-pyrrole nitrogens is 1. The predicted octanol–water partition coefficient (Wildman–Crippen LogP) is 2.80. The zero-order valence-corrected chi connectivity index (χ0v) is 10.7. The van der Waals surface area contributed by atoms with Crippen LogP contribution in [0.15, 0.2) is 27.7 Å². The number of nitrogens with two attached hydrogens (primary N) is 1. The molecular weight excluding hydrogens is 278 g/mol. The van der Waals surface area contributed by atoms with Crippen LogP contribution in [0.5, 0.6) is 0 Å². The van der Waals surface area contributed by atoms with Gasteiger partial charge in [0.1, 0.15) is 0 Å². The molecule has 0 aliphatic carbocycles. The minimum atomic E-state index is 0.302. The molecule has 0 radical (unpaired) electrons. The van der Waals surface area contributed by atoms with Gasteiger partial charge in [-0.05, 0) is 30.0 Å². The summed E-state index contributed by atoms with van der Waals surface area (Å²) in [7, 11) is 0. The number of hydrogen-bond donors (Lipinski definition) is 2. The molecule has 5 nitrogen and oxygen atoms in total. The number of thiazole rings is 1. The maximum absolute atomic E-state index is 5.90. The summed E-state index contributed by atoms with van der Waals surface area (Å²) in [5.74, 6) is 0.302. The molecule has 3 rings (SSSR count). The van der Waals surface area contributed by atoms with Crippen molar-refractivity contribution >= 4 is 50.9 Å². The molecule has 17 heavy (non-hydrogen) atoms. The van der Waals surface area contributed by atoms with Crippen molar-refractivity contribution in [1.82, 2.24) is 20.2 Å². The lowest BCUT2D eigenvalue weighted by molar-refractivity contribution is 0.973. The molecule has 2 heterocycles. The van der Waals surface area contributed by atoms with E-state index in [1.54, 1.807) is 11.3 Å². The van der Waals surface area contributed by atoms with E-state index in [0.717, 1.165) is 14.6 Å². The summed E-state index contributed by atoms with van der Waals surface area (Å²) in [6.07, 6.45) is 0. The zero-order valence-electron chi connectivity index (χ0n) is 8.35. The average molecular weight is 284 g/mol. The summed E-state index contributed by atoms with van der Waals surface area (Å²) in [6, 6.07) is 5.64. The standard InChI is InChI=1S/C9H6ClN5S2/c10-4-1-2-6-5(3-4)12-9(16-6)17-8-13-7(11)14-15-8/h1-3H,(H3,11,13,14,15). The van der Waals surface area contributed by atoms with Crippen LogP contribution in [-0.4, -0.2) is 20.2 Å². The molecule has 86 valence electrons. The van der Waals surface area contributed by atoms with Crippen molar-refractivity contribution in [3.05, 3.63) is 23.2 Å². The molecule has 0 saturated heterocycles. The number of nitrogens with zero attached hydrogens (tertiary/aromatic N) is 3. The number of anilines is 1. The van der Waals surface area contributed by atoms with Crippen LogP contribution in [0.4, 0.5) is 5.95 Å². The zero-order chi connectivity index (χ0) is 11.8. The molecular formula is C9H6ClN5S2. The molecule has 0 amide bonds. The SMILES string of the molecule is Nc1nc(Sc2nc3cc(Cl)ccc3s2)n[nH]1. The van der Waals surface area contributed by atoms with E-state index in [1.807, 2.05) is 18.2 Å². The van der Waals surface area contributed by atoms with Crippen molar-refractivity contribution in [2.75, 3.05) is 5.73 Å². The van der Waals surface area contributed by atoms with Gasteiger partial charge in [-0.25, -0.2) is 10.1 Å². The van der Waals surface area contributed by atoms with Gasteiger partial charge >= 0.3 is 0 Å². The molecule has 2 aromatic heterocycles. The third kappa shape index (κ3) is 2.21.